The fourth-order valence-corrected chi connectivity index (χ4v) is 16.9. The van der Waals surface area contributed by atoms with Crippen LogP contribution in [0.3, 0.4) is 0 Å². The largest absolute Gasteiger partial charge is 0.460 e. The Morgan fingerprint density at radius 3 is 1.73 bits per heavy atom. The molecule has 2 unspecified atom stereocenters. The predicted molar refractivity (Wildman–Crippen MR) is 339 cm³/mol. The zero-order chi connectivity index (χ0) is 60.8. The third-order valence-corrected chi connectivity index (χ3v) is 21.9. The molecule has 1 aromatic heterocycles. The van der Waals surface area contributed by atoms with Crippen molar-refractivity contribution < 1.29 is 18.7 Å². The van der Waals surface area contributed by atoms with Crippen LogP contribution in [0.5, 0.6) is 0 Å². The summed E-state index contributed by atoms with van der Waals surface area (Å²) in [7, 11) is 0. The van der Waals surface area contributed by atoms with Gasteiger partial charge < -0.3 is 24.0 Å². The van der Waals surface area contributed by atoms with Gasteiger partial charge >= 0.3 is 0 Å². The van der Waals surface area contributed by atoms with Crippen LogP contribution in [0.2, 0.25) is 0 Å². The van der Waals surface area contributed by atoms with Crippen LogP contribution in [0.25, 0.3) is 11.0 Å². The lowest BCUT2D eigenvalue weighted by Gasteiger charge is -2.51. The van der Waals surface area contributed by atoms with E-state index in [0.717, 1.165) is 153 Å². The highest BCUT2D eigenvalue weighted by Gasteiger charge is 2.59. The van der Waals surface area contributed by atoms with Gasteiger partial charge in [0.05, 0.1) is 11.0 Å². The highest BCUT2D eigenvalue weighted by atomic mass is 19.1. The summed E-state index contributed by atoms with van der Waals surface area (Å²) in [6.07, 6.45) is 7.85. The topological polar surface area (TPSA) is 26.1 Å². The summed E-state index contributed by atoms with van der Waals surface area (Å²) in [6.45, 7) is 32.1. The van der Waals surface area contributed by atoms with Crippen molar-refractivity contribution >= 4 is 90.9 Å². The van der Waals surface area contributed by atoms with Crippen LogP contribution in [0.4, 0.5) is 65.7 Å². The van der Waals surface area contributed by atoms with Crippen molar-refractivity contribution in [2.24, 2.45) is 0 Å². The van der Waals surface area contributed by atoms with E-state index >= 15 is 8.78 Å². The third kappa shape index (κ3) is 7.02. The van der Waals surface area contributed by atoms with Crippen molar-refractivity contribution in [3.63, 3.8) is 0 Å². The highest BCUT2D eigenvalue weighted by molar-refractivity contribution is 7.00. The summed E-state index contributed by atoms with van der Waals surface area (Å²) in [4.78, 5) is 9.43. The molecule has 8 aromatic rings. The molecule has 5 heterocycles. The summed E-state index contributed by atoms with van der Waals surface area (Å²) in [5.41, 5.74) is 18.8. The van der Waals surface area contributed by atoms with Crippen molar-refractivity contribution in [2.75, 3.05) is 26.1 Å². The first-order valence-corrected chi connectivity index (χ1v) is 30.3. The lowest BCUT2D eigenvalue weighted by Crippen LogP contribution is -2.62. The van der Waals surface area contributed by atoms with E-state index in [9.17, 15) is 5.48 Å². The zero-order valence-electron chi connectivity index (χ0n) is 54.6. The maximum atomic E-state index is 15.5. The molecule has 2 fully saturated rings. The zero-order valence-corrected chi connectivity index (χ0v) is 50.6. The minimum Gasteiger partial charge on any atom is -0.460 e. The molecular weight excluding hydrogens is 1010 g/mol. The smallest absolute Gasteiger partial charge is 0.252 e. The van der Waals surface area contributed by atoms with E-state index in [1.54, 1.807) is 0 Å². The Kier molecular flexibility index (Phi) is 9.72. The number of hydrogen-bond donors (Lipinski definition) is 0. The summed E-state index contributed by atoms with van der Waals surface area (Å²) >= 11 is 0. The first-order valence-electron chi connectivity index (χ1n) is 32.3. The molecule has 0 radical (unpaired) electrons. The number of aryl methyl sites for hydroxylation is 2. The molecule has 2 atom stereocenters. The average molecular weight is 1090 g/mol. The highest BCUT2D eigenvalue weighted by Crippen LogP contribution is 2.63. The average Bonchev–Trinajstić information content (AvgIpc) is 1.36. The molecule has 8 aliphatic rings. The van der Waals surface area contributed by atoms with Gasteiger partial charge in [-0.1, -0.05) is 137 Å². The van der Waals surface area contributed by atoms with Gasteiger partial charge in [-0.05, 0) is 186 Å². The Morgan fingerprint density at radius 1 is 0.549 bits per heavy atom. The Morgan fingerprint density at radius 2 is 1.12 bits per heavy atom. The number of halogens is 2. The maximum Gasteiger partial charge on any atom is 0.252 e. The molecule has 2 bridgehead atoms. The first kappa shape index (κ1) is 47.7. The molecule has 0 amide bonds. The Hall–Kier alpha value is -6.80. The van der Waals surface area contributed by atoms with Crippen LogP contribution < -0.4 is 36.0 Å². The number of fused-ring (bicyclic) bond motifs is 11. The van der Waals surface area contributed by atoms with Gasteiger partial charge in [0.25, 0.3) is 6.71 Å². The van der Waals surface area contributed by atoms with E-state index in [1.165, 1.54) is 28.8 Å². The monoisotopic (exact) mass is 1090 g/mol. The van der Waals surface area contributed by atoms with Crippen LogP contribution in [0, 0.1) is 25.5 Å². The van der Waals surface area contributed by atoms with Gasteiger partial charge in [0.2, 0.25) is 0 Å². The van der Waals surface area contributed by atoms with E-state index in [4.69, 9.17) is 4.42 Å². The van der Waals surface area contributed by atoms with Crippen molar-refractivity contribution in [3.05, 3.63) is 172 Å². The number of nitrogens with zero attached hydrogens (tertiary/aromatic N) is 4. The van der Waals surface area contributed by atoms with Crippen molar-refractivity contribution in [3.8, 4) is 0 Å². The summed E-state index contributed by atoms with van der Waals surface area (Å²) in [6, 6.07) is 31.5. The lowest BCUT2D eigenvalue weighted by atomic mass is 9.33. The second-order valence-corrected chi connectivity index (χ2v) is 29.7. The van der Waals surface area contributed by atoms with Gasteiger partial charge in [-0.2, -0.15) is 0 Å². The number of rotatable bonds is 4. The second-order valence-electron chi connectivity index (χ2n) is 29.7. The molecule has 4 aliphatic heterocycles. The Bertz CT molecular complexity index is 4320. The minimum absolute atomic E-state index is 0.0237. The number of benzene rings is 7. The molecule has 418 valence electrons. The molecule has 82 heavy (non-hydrogen) atoms. The van der Waals surface area contributed by atoms with Crippen LogP contribution in [0.1, 0.15) is 185 Å². The first-order chi connectivity index (χ1) is 40.4. The van der Waals surface area contributed by atoms with Gasteiger partial charge in [-0.25, -0.2) is 8.78 Å². The standard InChI is InChI=1S/C74H79BF2N4O/c1-43-31-45(68(3,4)5)21-23-56(43)79-60-38-51-64(82-67-65(51)71(11)27-29-72(67,12)30-28-71)40-55(60)75-54-39-53-59(78(42-70(53,9)10)49-34-47(76)33-48(77)35-49)41-61(54)80(57-24-22-46(32-44(57)2)69(6,7)8)63-37-50(36-62(79)66(63)75)81-58-20-16-15-19-52(58)73(13)25-17-18-26-74(73,81)14/h15-16,19-24,31-41H,17-18,25-30,42H2,1-14H3/i15D,16D,19D,20D. The van der Waals surface area contributed by atoms with E-state index in [0.29, 0.717) is 23.5 Å². The van der Waals surface area contributed by atoms with Gasteiger partial charge in [0.15, 0.2) is 0 Å². The van der Waals surface area contributed by atoms with Crippen molar-refractivity contribution in [2.45, 2.75) is 186 Å². The lowest BCUT2D eigenvalue weighted by molar-refractivity contribution is 0.161. The van der Waals surface area contributed by atoms with Gasteiger partial charge in [0, 0.05) is 96.7 Å². The van der Waals surface area contributed by atoms with Crippen LogP contribution in [0.15, 0.2) is 120 Å². The third-order valence-electron chi connectivity index (χ3n) is 21.9. The van der Waals surface area contributed by atoms with Crippen molar-refractivity contribution in [1.82, 2.24) is 0 Å². The summed E-state index contributed by atoms with van der Waals surface area (Å²) in [5, 5.41) is 1.16. The molecule has 0 spiro atoms. The number of para-hydroxylation sites is 1. The van der Waals surface area contributed by atoms with E-state index in [-0.39, 0.29) is 52.5 Å². The SMILES string of the molecule is [2H]c1c([2H])c([2H])c2c(c1[2H])N(c1cc3c4c(c1)N(c1ccc(C(C)(C)C)cc1C)c1cc5c6c(oc5cc1B4c1cc4c(cc1N3c1ccc(C(C)(C)C)cc1C)N(c1cc(F)cc(F)c1)CC4(C)C)C1(C)CCC6(C)CC1)C1(C)CCCCC21C. The molecule has 4 aliphatic carbocycles. The fraction of sp³-hybridized carbons (Fsp3) is 0.405. The number of hydrogen-bond acceptors (Lipinski definition) is 5. The quantitative estimate of drug-likeness (QED) is 0.164. The normalized spacial score (nSPS) is 25.2. The van der Waals surface area contributed by atoms with Crippen molar-refractivity contribution in [1.29, 1.82) is 0 Å². The number of furan rings is 1. The number of anilines is 10. The van der Waals surface area contributed by atoms with Crippen LogP contribution >= 0.6 is 0 Å². The second kappa shape index (κ2) is 16.7. The van der Waals surface area contributed by atoms with Crippen LogP contribution in [-0.4, -0.2) is 18.8 Å². The maximum absolute atomic E-state index is 15.5. The molecule has 2 saturated carbocycles. The van der Waals surface area contributed by atoms with E-state index < -0.39 is 28.0 Å². The van der Waals surface area contributed by atoms with Gasteiger partial charge in [0.1, 0.15) is 23.0 Å². The molecule has 16 rings (SSSR count). The Balaban J connectivity index is 1.12. The Labute approximate surface area is 491 Å². The summed E-state index contributed by atoms with van der Waals surface area (Å²) in [5.74, 6) is -0.121. The molecule has 0 saturated heterocycles. The predicted octanol–water partition coefficient (Wildman–Crippen LogP) is 18.3. The minimum atomic E-state index is -0.650. The van der Waals surface area contributed by atoms with Crippen LogP contribution in [-0.2, 0) is 32.5 Å². The van der Waals surface area contributed by atoms with Gasteiger partial charge in [-0.3, -0.25) is 0 Å². The molecular formula is C74H79BF2N4O. The molecule has 0 N–H and O–H groups in total. The molecule has 7 aromatic carbocycles. The fourth-order valence-electron chi connectivity index (χ4n) is 16.9. The molecule has 5 nitrogen and oxygen atoms in total. The van der Waals surface area contributed by atoms with E-state index in [1.807, 2.05) is 0 Å². The van der Waals surface area contributed by atoms with Gasteiger partial charge in [-0.15, -0.1) is 0 Å². The van der Waals surface area contributed by atoms with E-state index in [2.05, 4.69) is 189 Å². The molecule has 8 heteroatoms. The summed E-state index contributed by atoms with van der Waals surface area (Å²) < 4.78 is 76.7.